The summed E-state index contributed by atoms with van der Waals surface area (Å²) in [4.78, 5) is 15.8. The number of nitrogens with zero attached hydrogens (tertiary/aromatic N) is 1. The first-order chi connectivity index (χ1) is 10.0. The first-order valence-corrected chi connectivity index (χ1v) is 7.71. The van der Waals surface area contributed by atoms with Crippen LogP contribution in [0.25, 0.3) is 0 Å². The molecule has 5 nitrogen and oxygen atoms in total. The minimum absolute atomic E-state index is 0.121. The smallest absolute Gasteiger partial charge is 0.185 e. The van der Waals surface area contributed by atoms with Crippen LogP contribution >= 0.6 is 15.9 Å². The Balaban J connectivity index is 2.27. The molecule has 0 aliphatic carbocycles. The van der Waals surface area contributed by atoms with Crippen LogP contribution in [0.1, 0.15) is 31.2 Å². The molecule has 0 atom stereocenters. The van der Waals surface area contributed by atoms with Gasteiger partial charge in [0, 0.05) is 19.4 Å². The highest BCUT2D eigenvalue weighted by atomic mass is 79.9. The summed E-state index contributed by atoms with van der Waals surface area (Å²) in [6, 6.07) is 5.71. The Morgan fingerprint density at radius 2 is 2.05 bits per heavy atom. The van der Waals surface area contributed by atoms with Crippen LogP contribution in [0.5, 0.6) is 5.75 Å². The van der Waals surface area contributed by atoms with Gasteiger partial charge in [-0.25, -0.2) is 0 Å². The van der Waals surface area contributed by atoms with Gasteiger partial charge in [-0.15, -0.1) is 0 Å². The maximum Gasteiger partial charge on any atom is 0.185 e. The van der Waals surface area contributed by atoms with Gasteiger partial charge in [-0.2, -0.15) is 0 Å². The molecule has 1 aromatic rings. The maximum absolute atomic E-state index is 11.9. The zero-order chi connectivity index (χ0) is 15.7. The van der Waals surface area contributed by atoms with Crippen molar-refractivity contribution in [3.05, 3.63) is 28.2 Å². The summed E-state index contributed by atoms with van der Waals surface area (Å²) in [6.45, 7) is 0.627. The van der Waals surface area contributed by atoms with Crippen molar-refractivity contribution in [2.45, 2.75) is 32.1 Å². The number of Topliss-reactive ketones (excluding diaryl/α,β-unsaturated/α-hetero) is 1. The van der Waals surface area contributed by atoms with Crippen LogP contribution in [0.3, 0.4) is 0 Å². The van der Waals surface area contributed by atoms with Crippen LogP contribution in [0.4, 0.5) is 0 Å². The number of halogens is 1. The number of aliphatic imine (C=N–C) groups is 1. The van der Waals surface area contributed by atoms with Crippen molar-refractivity contribution in [2.24, 2.45) is 16.5 Å². The van der Waals surface area contributed by atoms with Gasteiger partial charge >= 0.3 is 0 Å². The Labute approximate surface area is 133 Å². The molecule has 0 aliphatic heterocycles. The molecule has 0 radical (unpaired) electrons. The number of methoxy groups -OCH3 is 1. The van der Waals surface area contributed by atoms with Gasteiger partial charge in [0.15, 0.2) is 5.96 Å². The molecule has 0 amide bonds. The molecular formula is C15H22BrN3O2. The van der Waals surface area contributed by atoms with Gasteiger partial charge in [-0.05, 0) is 46.5 Å². The average Bonchev–Trinajstić information content (AvgIpc) is 2.42. The van der Waals surface area contributed by atoms with E-state index in [1.54, 1.807) is 7.11 Å². The first-order valence-electron chi connectivity index (χ1n) is 6.92. The lowest BCUT2D eigenvalue weighted by molar-refractivity contribution is -0.118. The van der Waals surface area contributed by atoms with Gasteiger partial charge in [0.25, 0.3) is 0 Å². The topological polar surface area (TPSA) is 90.7 Å². The number of ketones is 1. The van der Waals surface area contributed by atoms with Crippen molar-refractivity contribution >= 4 is 27.7 Å². The van der Waals surface area contributed by atoms with E-state index in [1.807, 2.05) is 18.2 Å². The van der Waals surface area contributed by atoms with Crippen LogP contribution in [0.2, 0.25) is 0 Å². The first kappa shape index (κ1) is 17.5. The Hall–Kier alpha value is -1.56. The van der Waals surface area contributed by atoms with Crippen LogP contribution < -0.4 is 16.2 Å². The summed E-state index contributed by atoms with van der Waals surface area (Å²) >= 11 is 3.42. The molecule has 0 aliphatic rings. The summed E-state index contributed by atoms with van der Waals surface area (Å²) in [5.74, 6) is 1.14. The number of hydrogen-bond acceptors (Lipinski definition) is 3. The summed E-state index contributed by atoms with van der Waals surface area (Å²) in [5.41, 5.74) is 11.5. The van der Waals surface area contributed by atoms with E-state index in [-0.39, 0.29) is 11.7 Å². The second-order valence-electron chi connectivity index (χ2n) is 4.80. The molecule has 4 N–H and O–H groups in total. The number of unbranched alkanes of at least 4 members (excludes halogenated alkanes) is 2. The molecule has 0 saturated carbocycles. The fourth-order valence-electron chi connectivity index (χ4n) is 1.95. The van der Waals surface area contributed by atoms with Crippen LogP contribution in [-0.2, 0) is 11.2 Å². The Bertz CT molecular complexity index is 500. The number of carbonyl (C=O) groups excluding carboxylic acids is 1. The maximum atomic E-state index is 11.9. The number of guanidine groups is 1. The van der Waals surface area contributed by atoms with E-state index >= 15 is 0 Å². The van der Waals surface area contributed by atoms with Crippen molar-refractivity contribution in [3.63, 3.8) is 0 Å². The molecule has 1 rings (SSSR count). The summed E-state index contributed by atoms with van der Waals surface area (Å²) < 4.78 is 6.03. The van der Waals surface area contributed by atoms with Crippen molar-refractivity contribution < 1.29 is 9.53 Å². The molecule has 0 spiro atoms. The summed E-state index contributed by atoms with van der Waals surface area (Å²) in [6.07, 6.45) is 3.77. The minimum atomic E-state index is 0.121. The third-order valence-electron chi connectivity index (χ3n) is 3.03. The highest BCUT2D eigenvalue weighted by Gasteiger charge is 2.06. The van der Waals surface area contributed by atoms with Crippen LogP contribution in [0.15, 0.2) is 27.7 Å². The Morgan fingerprint density at radius 1 is 1.29 bits per heavy atom. The predicted molar refractivity (Wildman–Crippen MR) is 88.5 cm³/mol. The molecule has 6 heteroatoms. The van der Waals surface area contributed by atoms with Crippen LogP contribution in [0, 0.1) is 0 Å². The van der Waals surface area contributed by atoms with E-state index in [2.05, 4.69) is 20.9 Å². The third-order valence-corrected chi connectivity index (χ3v) is 3.65. The third kappa shape index (κ3) is 7.13. The molecule has 0 bridgehead atoms. The Morgan fingerprint density at radius 3 is 2.67 bits per heavy atom. The monoisotopic (exact) mass is 355 g/mol. The standard InChI is InChI=1S/C15H22BrN3O2/c1-21-14-7-6-11(10-13(14)16)9-12(20)5-3-2-4-8-19-15(17)18/h6-7,10H,2-5,8-9H2,1H3,(H4,17,18,19). The second kappa shape index (κ2) is 9.39. The van der Waals surface area contributed by atoms with Crippen molar-refractivity contribution in [2.75, 3.05) is 13.7 Å². The van der Waals surface area contributed by atoms with Crippen molar-refractivity contribution in [1.29, 1.82) is 0 Å². The Kier molecular flexibility index (Phi) is 7.82. The molecular weight excluding hydrogens is 334 g/mol. The highest BCUT2D eigenvalue weighted by Crippen LogP contribution is 2.25. The molecule has 0 unspecified atom stereocenters. The zero-order valence-electron chi connectivity index (χ0n) is 12.3. The molecule has 1 aromatic carbocycles. The molecule has 21 heavy (non-hydrogen) atoms. The van der Waals surface area contributed by atoms with Gasteiger partial charge in [-0.1, -0.05) is 12.5 Å². The number of hydrogen-bond donors (Lipinski definition) is 2. The van der Waals surface area contributed by atoms with Crippen molar-refractivity contribution in [1.82, 2.24) is 0 Å². The van der Waals surface area contributed by atoms with E-state index < -0.39 is 0 Å². The van der Waals surface area contributed by atoms with E-state index in [0.29, 0.717) is 19.4 Å². The number of benzene rings is 1. The SMILES string of the molecule is COc1ccc(CC(=O)CCCCCN=C(N)N)cc1Br. The molecule has 0 aromatic heterocycles. The lowest BCUT2D eigenvalue weighted by Gasteiger charge is -2.06. The van der Waals surface area contributed by atoms with Gasteiger partial charge in [-0.3, -0.25) is 9.79 Å². The van der Waals surface area contributed by atoms with Crippen LogP contribution in [-0.4, -0.2) is 25.4 Å². The average molecular weight is 356 g/mol. The molecule has 0 saturated heterocycles. The number of rotatable bonds is 9. The van der Waals surface area contributed by atoms with Gasteiger partial charge in [0.1, 0.15) is 11.5 Å². The highest BCUT2D eigenvalue weighted by molar-refractivity contribution is 9.10. The second-order valence-corrected chi connectivity index (χ2v) is 5.66. The van der Waals surface area contributed by atoms with E-state index in [1.165, 1.54) is 0 Å². The quantitative estimate of drug-likeness (QED) is 0.404. The normalized spacial score (nSPS) is 10.2. The lowest BCUT2D eigenvalue weighted by Crippen LogP contribution is -2.22. The fourth-order valence-corrected chi connectivity index (χ4v) is 2.54. The van der Waals surface area contributed by atoms with Gasteiger partial charge in [0.05, 0.1) is 11.6 Å². The van der Waals surface area contributed by atoms with Gasteiger partial charge in [0.2, 0.25) is 0 Å². The van der Waals surface area contributed by atoms with E-state index in [0.717, 1.165) is 35.0 Å². The number of ether oxygens (including phenoxy) is 1. The minimum Gasteiger partial charge on any atom is -0.496 e. The van der Waals surface area contributed by atoms with Crippen molar-refractivity contribution in [3.8, 4) is 5.75 Å². The molecule has 0 heterocycles. The largest absolute Gasteiger partial charge is 0.496 e. The number of nitrogens with two attached hydrogens (primary N) is 2. The number of carbonyl (C=O) groups is 1. The molecule has 0 fully saturated rings. The fraction of sp³-hybridized carbons (Fsp3) is 0.467. The summed E-state index contributed by atoms with van der Waals surface area (Å²) in [5, 5.41) is 0. The van der Waals surface area contributed by atoms with E-state index in [9.17, 15) is 4.79 Å². The van der Waals surface area contributed by atoms with Gasteiger partial charge < -0.3 is 16.2 Å². The van der Waals surface area contributed by atoms with E-state index in [4.69, 9.17) is 16.2 Å². The summed E-state index contributed by atoms with van der Waals surface area (Å²) in [7, 11) is 1.62. The zero-order valence-corrected chi connectivity index (χ0v) is 13.9. The molecule has 116 valence electrons. The predicted octanol–water partition coefficient (Wildman–Crippen LogP) is 2.40. The lowest BCUT2D eigenvalue weighted by atomic mass is 10.0.